The fourth-order valence-corrected chi connectivity index (χ4v) is 2.82. The van der Waals surface area contributed by atoms with Crippen molar-refractivity contribution < 1.29 is 4.79 Å². The second-order valence-electron chi connectivity index (χ2n) is 6.63. The van der Waals surface area contributed by atoms with Crippen molar-refractivity contribution in [2.45, 2.75) is 52.1 Å². The lowest BCUT2D eigenvalue weighted by Crippen LogP contribution is -2.47. The first kappa shape index (κ1) is 18.0. The third-order valence-corrected chi connectivity index (χ3v) is 3.86. The van der Waals surface area contributed by atoms with Gasteiger partial charge in [-0.1, -0.05) is 0 Å². The quantitative estimate of drug-likeness (QED) is 0.910. The van der Waals surface area contributed by atoms with Gasteiger partial charge in [-0.2, -0.15) is 5.10 Å². The van der Waals surface area contributed by atoms with E-state index in [1.54, 1.807) is 0 Å². The maximum atomic E-state index is 12.6. The molecule has 1 aromatic rings. The molecule has 21 heavy (non-hydrogen) atoms. The summed E-state index contributed by atoms with van der Waals surface area (Å²) in [7, 11) is 1.96. The van der Waals surface area contributed by atoms with Gasteiger partial charge in [0.15, 0.2) is 5.69 Å². The molecule has 1 aliphatic heterocycles. The van der Waals surface area contributed by atoms with Gasteiger partial charge in [0.25, 0.3) is 5.91 Å². The molecule has 1 aromatic heterocycles. The zero-order valence-corrected chi connectivity index (χ0v) is 14.5. The number of aromatic nitrogens is 2. The van der Waals surface area contributed by atoms with Crippen molar-refractivity contribution in [2.24, 2.45) is 0 Å². The Hall–Kier alpha value is -1.07. The van der Waals surface area contributed by atoms with Crippen molar-refractivity contribution in [3.8, 4) is 0 Å². The molecule has 0 aromatic carbocycles. The Morgan fingerprint density at radius 3 is 2.62 bits per heavy atom. The molecule has 1 fully saturated rings. The van der Waals surface area contributed by atoms with E-state index in [2.05, 4.69) is 31.2 Å². The van der Waals surface area contributed by atoms with Crippen LogP contribution in [0, 0.1) is 6.92 Å². The van der Waals surface area contributed by atoms with E-state index in [9.17, 15) is 4.79 Å². The van der Waals surface area contributed by atoms with Crippen LogP contribution in [-0.2, 0) is 5.54 Å². The molecule has 1 aliphatic rings. The van der Waals surface area contributed by atoms with Gasteiger partial charge in [0, 0.05) is 24.8 Å². The molecule has 1 N–H and O–H groups in total. The number of hydrogen-bond acceptors (Lipinski definition) is 3. The van der Waals surface area contributed by atoms with Crippen molar-refractivity contribution in [2.75, 3.05) is 20.1 Å². The maximum Gasteiger partial charge on any atom is 0.274 e. The molecule has 0 spiro atoms. The Labute approximate surface area is 133 Å². The molecular formula is C15H27ClN4O. The number of carbonyl (C=O) groups is 1. The number of rotatable bonds is 2. The van der Waals surface area contributed by atoms with E-state index in [4.69, 9.17) is 0 Å². The highest BCUT2D eigenvalue weighted by Gasteiger charge is 2.27. The molecule has 5 nitrogen and oxygen atoms in total. The number of nitrogens with one attached hydrogen (secondary N) is 1. The predicted octanol–water partition coefficient (Wildman–Crippen LogP) is 2.19. The SMILES string of the molecule is CNC1CCCN(C(=O)c2cc(C)n(C(C)(C)C)n2)C1.Cl. The second-order valence-corrected chi connectivity index (χ2v) is 6.63. The molecule has 0 saturated carbocycles. The van der Waals surface area contributed by atoms with Gasteiger partial charge in [0.1, 0.15) is 0 Å². The zero-order chi connectivity index (χ0) is 14.9. The number of nitrogens with zero attached hydrogens (tertiary/aromatic N) is 3. The summed E-state index contributed by atoms with van der Waals surface area (Å²) in [6.07, 6.45) is 2.19. The van der Waals surface area contributed by atoms with Gasteiger partial charge in [-0.25, -0.2) is 0 Å². The molecule has 1 atom stereocenters. The van der Waals surface area contributed by atoms with Gasteiger partial charge in [-0.3, -0.25) is 9.48 Å². The zero-order valence-electron chi connectivity index (χ0n) is 13.6. The summed E-state index contributed by atoms with van der Waals surface area (Å²) in [6, 6.07) is 2.30. The molecule has 1 unspecified atom stereocenters. The smallest absolute Gasteiger partial charge is 0.274 e. The largest absolute Gasteiger partial charge is 0.336 e. The van der Waals surface area contributed by atoms with Crippen LogP contribution >= 0.6 is 12.4 Å². The number of aryl methyl sites for hydroxylation is 1. The number of hydrogen-bond donors (Lipinski definition) is 1. The van der Waals surface area contributed by atoms with Gasteiger partial charge >= 0.3 is 0 Å². The normalized spacial score (nSPS) is 19.3. The summed E-state index contributed by atoms with van der Waals surface area (Å²) in [5, 5.41) is 7.77. The van der Waals surface area contributed by atoms with E-state index in [1.165, 1.54) is 0 Å². The number of carbonyl (C=O) groups excluding carboxylic acids is 1. The van der Waals surface area contributed by atoms with E-state index in [-0.39, 0.29) is 23.9 Å². The highest BCUT2D eigenvalue weighted by atomic mass is 35.5. The van der Waals surface area contributed by atoms with Gasteiger partial charge in [-0.05, 0) is 53.7 Å². The molecule has 1 amide bonds. The lowest BCUT2D eigenvalue weighted by Gasteiger charge is -2.32. The van der Waals surface area contributed by atoms with Crippen LogP contribution in [0.3, 0.4) is 0 Å². The van der Waals surface area contributed by atoms with Crippen LogP contribution in [-0.4, -0.2) is 46.8 Å². The molecule has 120 valence electrons. The average Bonchev–Trinajstić information content (AvgIpc) is 2.80. The van der Waals surface area contributed by atoms with Gasteiger partial charge in [-0.15, -0.1) is 12.4 Å². The second kappa shape index (κ2) is 6.79. The van der Waals surface area contributed by atoms with E-state index in [0.717, 1.165) is 31.6 Å². The van der Waals surface area contributed by atoms with Crippen molar-refractivity contribution in [3.63, 3.8) is 0 Å². The summed E-state index contributed by atoms with van der Waals surface area (Å²) in [5.74, 6) is 0.0519. The van der Waals surface area contributed by atoms with E-state index >= 15 is 0 Å². The van der Waals surface area contributed by atoms with Crippen LogP contribution < -0.4 is 5.32 Å². The Balaban J connectivity index is 0.00000220. The molecule has 1 saturated heterocycles. The Kier molecular flexibility index (Phi) is 5.82. The van der Waals surface area contributed by atoms with E-state index in [0.29, 0.717) is 11.7 Å². The fourth-order valence-electron chi connectivity index (χ4n) is 2.82. The van der Waals surface area contributed by atoms with Crippen molar-refractivity contribution in [1.82, 2.24) is 20.0 Å². The maximum absolute atomic E-state index is 12.6. The monoisotopic (exact) mass is 314 g/mol. The molecular weight excluding hydrogens is 288 g/mol. The summed E-state index contributed by atoms with van der Waals surface area (Å²) < 4.78 is 1.93. The topological polar surface area (TPSA) is 50.2 Å². The predicted molar refractivity (Wildman–Crippen MR) is 87.2 cm³/mol. The molecule has 2 heterocycles. The number of likely N-dealkylation sites (tertiary alicyclic amines) is 1. The number of piperidine rings is 1. The number of likely N-dealkylation sites (N-methyl/N-ethyl adjacent to an activating group) is 1. The Bertz CT molecular complexity index is 492. The average molecular weight is 315 g/mol. The standard InChI is InChI=1S/C15H26N4O.ClH/c1-11-9-13(17-19(11)15(2,3)4)14(20)18-8-6-7-12(10-18)16-5;/h9,12,16H,6-8,10H2,1-5H3;1H. The van der Waals surface area contributed by atoms with Crippen molar-refractivity contribution >= 4 is 18.3 Å². The molecule has 0 bridgehead atoms. The first-order chi connectivity index (χ1) is 9.32. The number of halogens is 1. The first-order valence-corrected chi connectivity index (χ1v) is 7.36. The lowest BCUT2D eigenvalue weighted by atomic mass is 10.1. The van der Waals surface area contributed by atoms with Crippen LogP contribution in [0.1, 0.15) is 49.8 Å². The minimum absolute atomic E-state index is 0. The highest BCUT2D eigenvalue weighted by molar-refractivity contribution is 5.92. The van der Waals surface area contributed by atoms with Gasteiger partial charge in [0.2, 0.25) is 0 Å². The van der Waals surface area contributed by atoms with Gasteiger partial charge < -0.3 is 10.2 Å². The van der Waals surface area contributed by atoms with E-state index < -0.39 is 0 Å². The minimum atomic E-state index is -0.0992. The van der Waals surface area contributed by atoms with Crippen LogP contribution in [0.5, 0.6) is 0 Å². The lowest BCUT2D eigenvalue weighted by molar-refractivity contribution is 0.0690. The molecule has 2 rings (SSSR count). The van der Waals surface area contributed by atoms with Gasteiger partial charge in [0.05, 0.1) is 5.54 Å². The van der Waals surface area contributed by atoms with Crippen LogP contribution in [0.15, 0.2) is 6.07 Å². The Morgan fingerprint density at radius 1 is 1.43 bits per heavy atom. The van der Waals surface area contributed by atoms with Crippen LogP contribution in [0.25, 0.3) is 0 Å². The van der Waals surface area contributed by atoms with Crippen LogP contribution in [0.2, 0.25) is 0 Å². The number of amides is 1. The molecule has 0 radical (unpaired) electrons. The highest BCUT2D eigenvalue weighted by Crippen LogP contribution is 2.19. The summed E-state index contributed by atoms with van der Waals surface area (Å²) in [4.78, 5) is 14.5. The molecule has 6 heteroatoms. The Morgan fingerprint density at radius 2 is 2.10 bits per heavy atom. The van der Waals surface area contributed by atoms with Crippen LogP contribution in [0.4, 0.5) is 0 Å². The third-order valence-electron chi connectivity index (χ3n) is 3.86. The molecule has 0 aliphatic carbocycles. The first-order valence-electron chi connectivity index (χ1n) is 7.36. The fraction of sp³-hybridized carbons (Fsp3) is 0.733. The summed E-state index contributed by atoms with van der Waals surface area (Å²) >= 11 is 0. The third kappa shape index (κ3) is 3.98. The van der Waals surface area contributed by atoms with E-state index in [1.807, 2.05) is 29.6 Å². The van der Waals surface area contributed by atoms with Crippen molar-refractivity contribution in [3.05, 3.63) is 17.5 Å². The summed E-state index contributed by atoms with van der Waals surface area (Å²) in [5.41, 5.74) is 1.50. The summed E-state index contributed by atoms with van der Waals surface area (Å²) in [6.45, 7) is 9.90. The van der Waals surface area contributed by atoms with Crippen molar-refractivity contribution in [1.29, 1.82) is 0 Å². The minimum Gasteiger partial charge on any atom is -0.336 e.